The summed E-state index contributed by atoms with van der Waals surface area (Å²) in [5.41, 5.74) is 8.66. The minimum Gasteiger partial charge on any atom is -0.483 e. The van der Waals surface area contributed by atoms with Gasteiger partial charge in [-0.15, -0.1) is 0 Å². The number of halogens is 1. The van der Waals surface area contributed by atoms with Gasteiger partial charge >= 0.3 is 0 Å². The van der Waals surface area contributed by atoms with E-state index in [9.17, 15) is 14.4 Å². The maximum atomic E-state index is 12.0. The van der Waals surface area contributed by atoms with E-state index in [4.69, 9.17) is 4.74 Å². The normalized spacial score (nSPS) is 11.4. The van der Waals surface area contributed by atoms with Gasteiger partial charge in [-0.1, -0.05) is 26.0 Å². The van der Waals surface area contributed by atoms with Crippen LogP contribution in [0.25, 0.3) is 0 Å². The lowest BCUT2D eigenvalue weighted by Gasteiger charge is -2.13. The first-order valence-corrected chi connectivity index (χ1v) is 11.4. The van der Waals surface area contributed by atoms with Gasteiger partial charge < -0.3 is 10.1 Å². The molecule has 0 saturated carbocycles. The molecule has 1 atom stereocenters. The van der Waals surface area contributed by atoms with E-state index in [0.717, 1.165) is 22.0 Å². The summed E-state index contributed by atoms with van der Waals surface area (Å²) in [6.45, 7) is 7.97. The largest absolute Gasteiger partial charge is 0.483 e. The van der Waals surface area contributed by atoms with Crippen molar-refractivity contribution in [3.05, 3.63) is 57.6 Å². The van der Waals surface area contributed by atoms with Crippen molar-refractivity contribution in [2.75, 3.05) is 11.9 Å². The molecule has 1 unspecified atom stereocenters. The van der Waals surface area contributed by atoms with Crippen LogP contribution in [0.15, 0.2) is 40.9 Å². The summed E-state index contributed by atoms with van der Waals surface area (Å²) < 4.78 is 6.27. The Hall–Kier alpha value is -2.87. The van der Waals surface area contributed by atoms with Crippen molar-refractivity contribution in [3.63, 3.8) is 0 Å². The number of benzene rings is 2. The van der Waals surface area contributed by atoms with Crippen molar-refractivity contribution in [2.24, 2.45) is 0 Å². The van der Waals surface area contributed by atoms with Crippen LogP contribution in [0, 0.1) is 13.8 Å². The average molecular weight is 504 g/mol. The molecule has 0 aliphatic rings. The fourth-order valence-corrected chi connectivity index (χ4v) is 3.34. The Morgan fingerprint density at radius 3 is 2.28 bits per heavy atom. The molecule has 7 nitrogen and oxygen atoms in total. The minimum atomic E-state index is -0.504. The molecule has 2 rings (SSSR count). The topological polar surface area (TPSA) is 96.5 Å². The number of hydrogen-bond acceptors (Lipinski definition) is 4. The van der Waals surface area contributed by atoms with Crippen molar-refractivity contribution in [3.8, 4) is 5.75 Å². The molecule has 0 bridgehead atoms. The van der Waals surface area contributed by atoms with Crippen molar-refractivity contribution >= 4 is 39.3 Å². The Labute approximate surface area is 197 Å². The highest BCUT2D eigenvalue weighted by molar-refractivity contribution is 9.10. The number of hydrogen-bond donors (Lipinski definition) is 3. The number of hydrazine groups is 1. The first-order valence-electron chi connectivity index (χ1n) is 10.6. The summed E-state index contributed by atoms with van der Waals surface area (Å²) >= 11 is 3.46. The van der Waals surface area contributed by atoms with Gasteiger partial charge in [0.2, 0.25) is 11.8 Å². The Morgan fingerprint density at radius 2 is 1.62 bits per heavy atom. The van der Waals surface area contributed by atoms with Crippen LogP contribution in [0.3, 0.4) is 0 Å². The maximum absolute atomic E-state index is 12.0. The molecular weight excluding hydrogens is 474 g/mol. The molecule has 0 spiro atoms. The van der Waals surface area contributed by atoms with Crippen LogP contribution in [-0.4, -0.2) is 24.3 Å². The van der Waals surface area contributed by atoms with Gasteiger partial charge in [0.05, 0.1) is 4.47 Å². The molecule has 0 heterocycles. The smallest absolute Gasteiger partial charge is 0.276 e. The Kier molecular flexibility index (Phi) is 9.71. The SMILES string of the molecule is CCC(C)c1ccc(OCC(=O)NNC(=O)CCC(=O)Nc2ccc(C)c(C)c2)c(Br)c1. The summed E-state index contributed by atoms with van der Waals surface area (Å²) in [7, 11) is 0. The number of nitrogens with one attached hydrogen (secondary N) is 3. The Morgan fingerprint density at radius 1 is 0.938 bits per heavy atom. The third kappa shape index (κ3) is 8.00. The van der Waals surface area contributed by atoms with Gasteiger partial charge in [-0.3, -0.25) is 25.2 Å². The fraction of sp³-hybridized carbons (Fsp3) is 0.375. The number of amides is 3. The highest BCUT2D eigenvalue weighted by atomic mass is 79.9. The molecule has 3 N–H and O–H groups in total. The summed E-state index contributed by atoms with van der Waals surface area (Å²) in [5.74, 6) is -0.268. The minimum absolute atomic E-state index is 0.000601. The number of carbonyl (C=O) groups is 3. The van der Waals surface area contributed by atoms with E-state index in [0.29, 0.717) is 17.4 Å². The lowest BCUT2D eigenvalue weighted by Crippen LogP contribution is -2.44. The Bertz CT molecular complexity index is 978. The summed E-state index contributed by atoms with van der Waals surface area (Å²) in [5, 5.41) is 2.76. The number of anilines is 1. The Balaban J connectivity index is 1.69. The second kappa shape index (κ2) is 12.2. The fourth-order valence-electron chi connectivity index (χ4n) is 2.83. The van der Waals surface area contributed by atoms with Gasteiger partial charge in [-0.2, -0.15) is 0 Å². The van der Waals surface area contributed by atoms with Crippen molar-refractivity contribution in [1.82, 2.24) is 10.9 Å². The molecule has 172 valence electrons. The lowest BCUT2D eigenvalue weighted by atomic mass is 9.99. The van der Waals surface area contributed by atoms with Crippen molar-refractivity contribution in [1.29, 1.82) is 0 Å². The highest BCUT2D eigenvalue weighted by Gasteiger charge is 2.11. The first-order chi connectivity index (χ1) is 15.2. The van der Waals surface area contributed by atoms with Crippen LogP contribution in [0.5, 0.6) is 5.75 Å². The molecule has 2 aromatic carbocycles. The number of rotatable bonds is 9. The van der Waals surface area contributed by atoms with E-state index in [1.165, 1.54) is 5.56 Å². The molecule has 32 heavy (non-hydrogen) atoms. The predicted molar refractivity (Wildman–Crippen MR) is 128 cm³/mol. The van der Waals surface area contributed by atoms with Gasteiger partial charge in [0.15, 0.2) is 6.61 Å². The summed E-state index contributed by atoms with van der Waals surface area (Å²) in [6.07, 6.45) is 0.975. The van der Waals surface area contributed by atoms with E-state index in [1.54, 1.807) is 0 Å². The van der Waals surface area contributed by atoms with E-state index in [-0.39, 0.29) is 25.4 Å². The molecule has 0 radical (unpaired) electrons. The molecular formula is C24H30BrN3O4. The van der Waals surface area contributed by atoms with Crippen molar-refractivity contribution < 1.29 is 19.1 Å². The van der Waals surface area contributed by atoms with Gasteiger partial charge in [-0.05, 0) is 83.1 Å². The van der Waals surface area contributed by atoms with Gasteiger partial charge in [0.25, 0.3) is 5.91 Å². The molecule has 8 heteroatoms. The van der Waals surface area contributed by atoms with E-state index in [1.807, 2.05) is 50.2 Å². The zero-order chi connectivity index (χ0) is 23.7. The maximum Gasteiger partial charge on any atom is 0.276 e. The predicted octanol–water partition coefficient (Wildman–Crippen LogP) is 4.52. The second-order valence-electron chi connectivity index (χ2n) is 7.73. The molecule has 3 amide bonds. The summed E-state index contributed by atoms with van der Waals surface area (Å²) in [4.78, 5) is 35.9. The van der Waals surface area contributed by atoms with Gasteiger partial charge in [0.1, 0.15) is 5.75 Å². The molecule has 0 saturated heterocycles. The molecule has 0 aromatic heterocycles. The van der Waals surface area contributed by atoms with Gasteiger partial charge in [-0.25, -0.2) is 0 Å². The lowest BCUT2D eigenvalue weighted by molar-refractivity contribution is -0.130. The molecule has 2 aromatic rings. The zero-order valence-electron chi connectivity index (χ0n) is 18.9. The van der Waals surface area contributed by atoms with Crippen molar-refractivity contribution in [2.45, 2.75) is 52.9 Å². The average Bonchev–Trinajstić information content (AvgIpc) is 2.77. The summed E-state index contributed by atoms with van der Waals surface area (Å²) in [6, 6.07) is 11.4. The number of aryl methyl sites for hydroxylation is 2. The van der Waals surface area contributed by atoms with Gasteiger partial charge in [0, 0.05) is 18.5 Å². The molecule has 0 aliphatic carbocycles. The first kappa shape index (κ1) is 25.4. The number of ether oxygens (including phenoxy) is 1. The van der Waals surface area contributed by atoms with Crippen LogP contribution in [0.1, 0.15) is 55.7 Å². The zero-order valence-corrected chi connectivity index (χ0v) is 20.5. The monoisotopic (exact) mass is 503 g/mol. The van der Waals surface area contributed by atoms with Crippen LogP contribution in [0.4, 0.5) is 5.69 Å². The van der Waals surface area contributed by atoms with Crippen LogP contribution in [0.2, 0.25) is 0 Å². The van der Waals surface area contributed by atoms with Crippen LogP contribution < -0.4 is 20.9 Å². The standard InChI is InChI=1S/C24H30BrN3O4/c1-5-15(2)18-7-9-21(20(25)13-18)32-14-24(31)28-27-23(30)11-10-22(29)26-19-8-6-16(3)17(4)12-19/h6-9,12-13,15H,5,10-11,14H2,1-4H3,(H,26,29)(H,27,30)(H,28,31). The third-order valence-corrected chi connectivity index (χ3v) is 5.83. The molecule has 0 aliphatic heterocycles. The van der Waals surface area contributed by atoms with Crippen LogP contribution in [-0.2, 0) is 14.4 Å². The second-order valence-corrected chi connectivity index (χ2v) is 8.59. The number of carbonyl (C=O) groups excluding carboxylic acids is 3. The van der Waals surface area contributed by atoms with E-state index < -0.39 is 11.8 Å². The quantitative estimate of drug-likeness (QED) is 0.438. The van der Waals surface area contributed by atoms with E-state index in [2.05, 4.69) is 45.9 Å². The van der Waals surface area contributed by atoms with Crippen LogP contribution >= 0.6 is 15.9 Å². The van der Waals surface area contributed by atoms with E-state index >= 15 is 0 Å². The molecule has 0 fully saturated rings. The third-order valence-electron chi connectivity index (χ3n) is 5.21. The highest BCUT2D eigenvalue weighted by Crippen LogP contribution is 2.30.